The molecule has 1 saturated carbocycles. The maximum Gasteiger partial charge on any atom is 0.135 e. The lowest BCUT2D eigenvalue weighted by atomic mass is 9.87. The van der Waals surface area contributed by atoms with Gasteiger partial charge >= 0.3 is 0 Å². The molecular weight excluding hydrogens is 576 g/mol. The van der Waals surface area contributed by atoms with E-state index >= 15 is 0 Å². The van der Waals surface area contributed by atoms with Crippen molar-refractivity contribution in [3.05, 3.63) is 95.6 Å². The zero-order valence-corrected chi connectivity index (χ0v) is 28.8. The molecule has 10 heteroatoms. The van der Waals surface area contributed by atoms with E-state index < -0.39 is 0 Å². The number of rotatable bonds is 7. The number of anilines is 2. The fourth-order valence-corrected chi connectivity index (χ4v) is 4.49. The van der Waals surface area contributed by atoms with E-state index in [1.165, 1.54) is 37.8 Å². The van der Waals surface area contributed by atoms with E-state index in [0.29, 0.717) is 18.8 Å². The summed E-state index contributed by atoms with van der Waals surface area (Å²) >= 11 is 0. The van der Waals surface area contributed by atoms with E-state index in [4.69, 9.17) is 0 Å². The molecule has 0 spiro atoms. The van der Waals surface area contributed by atoms with Crippen LogP contribution in [0.15, 0.2) is 67.1 Å². The summed E-state index contributed by atoms with van der Waals surface area (Å²) in [4.78, 5) is 33.9. The first-order valence-corrected chi connectivity index (χ1v) is 15.7. The molecule has 0 bridgehead atoms. The predicted octanol–water partition coefficient (Wildman–Crippen LogP) is 6.18. The molecule has 46 heavy (non-hydrogen) atoms. The lowest BCUT2D eigenvalue weighted by molar-refractivity contribution is -0.117. The number of ketones is 2. The highest BCUT2D eigenvalue weighted by atomic mass is 16.1. The second kappa shape index (κ2) is 20.4. The van der Waals surface area contributed by atoms with E-state index in [-0.39, 0.29) is 11.6 Å². The largest absolute Gasteiger partial charge is 0.376 e. The van der Waals surface area contributed by atoms with Gasteiger partial charge in [0.2, 0.25) is 0 Å². The van der Waals surface area contributed by atoms with Crippen LogP contribution in [0.25, 0.3) is 0 Å². The van der Waals surface area contributed by atoms with Crippen LogP contribution in [0, 0.1) is 13.8 Å². The number of hydrogen-bond donors (Lipinski definition) is 0. The molecule has 246 valence electrons. The van der Waals surface area contributed by atoms with Crippen LogP contribution >= 0.6 is 0 Å². The molecule has 0 saturated heterocycles. The maximum atomic E-state index is 10.8. The van der Waals surface area contributed by atoms with Crippen molar-refractivity contribution in [2.24, 2.45) is 0 Å². The van der Waals surface area contributed by atoms with Crippen LogP contribution in [0.4, 0.5) is 11.4 Å². The Morgan fingerprint density at radius 1 is 0.674 bits per heavy atom. The number of nitrogens with zero attached hydrogens (tertiary/aromatic N) is 8. The monoisotopic (exact) mass is 626 g/mol. The molecule has 1 aliphatic rings. The van der Waals surface area contributed by atoms with Gasteiger partial charge in [0, 0.05) is 64.5 Å². The van der Waals surface area contributed by atoms with E-state index in [9.17, 15) is 9.59 Å². The lowest BCUT2D eigenvalue weighted by Gasteiger charge is -2.20. The van der Waals surface area contributed by atoms with Crippen LogP contribution in [0.3, 0.4) is 0 Å². The molecule has 5 rings (SSSR count). The van der Waals surface area contributed by atoms with Crippen molar-refractivity contribution in [3.8, 4) is 0 Å². The van der Waals surface area contributed by atoms with E-state index in [1.807, 2.05) is 88.2 Å². The number of Topliss-reactive ketones (excluding diaryl/α,β-unsaturated/α-hetero) is 2. The summed E-state index contributed by atoms with van der Waals surface area (Å²) in [7, 11) is 7.84. The number of hydrogen-bond acceptors (Lipinski definition) is 10. The van der Waals surface area contributed by atoms with Gasteiger partial charge in [-0.3, -0.25) is 19.6 Å². The SMILES string of the molecule is CC(=O)Cc1ccc(N(C)C)cn1.CC(=O)Cc1ccc(N(C)C)cn1.Cc1ccc(C2CCCCC2)nn1.Cc1cccnn1. The third-order valence-corrected chi connectivity index (χ3v) is 7.06. The van der Waals surface area contributed by atoms with Gasteiger partial charge in [-0.15, -0.1) is 0 Å². The Kier molecular flexibility index (Phi) is 16.7. The van der Waals surface area contributed by atoms with Crippen LogP contribution < -0.4 is 9.80 Å². The van der Waals surface area contributed by atoms with Crippen molar-refractivity contribution in [1.82, 2.24) is 30.4 Å². The third kappa shape index (κ3) is 15.4. The number of aromatic nitrogens is 6. The summed E-state index contributed by atoms with van der Waals surface area (Å²) in [5.74, 6) is 0.969. The smallest absolute Gasteiger partial charge is 0.135 e. The van der Waals surface area contributed by atoms with Crippen molar-refractivity contribution in [2.75, 3.05) is 38.0 Å². The summed E-state index contributed by atoms with van der Waals surface area (Å²) < 4.78 is 0. The maximum absolute atomic E-state index is 10.8. The molecule has 0 N–H and O–H groups in total. The van der Waals surface area contributed by atoms with Gasteiger partial charge in [0.15, 0.2) is 0 Å². The van der Waals surface area contributed by atoms with Crippen molar-refractivity contribution in [3.63, 3.8) is 0 Å². The molecule has 0 unspecified atom stereocenters. The summed E-state index contributed by atoms with van der Waals surface area (Å²) in [5.41, 5.74) is 6.93. The fourth-order valence-electron chi connectivity index (χ4n) is 4.49. The molecule has 10 nitrogen and oxygen atoms in total. The average molecular weight is 627 g/mol. The highest BCUT2D eigenvalue weighted by molar-refractivity contribution is 5.78. The minimum absolute atomic E-state index is 0.144. The molecule has 0 amide bonds. The van der Waals surface area contributed by atoms with Crippen LogP contribution in [0.2, 0.25) is 0 Å². The summed E-state index contributed by atoms with van der Waals surface area (Å²) in [6, 6.07) is 15.7. The number of aryl methyl sites for hydroxylation is 2. The van der Waals surface area contributed by atoms with E-state index in [0.717, 1.165) is 34.2 Å². The normalized spacial score (nSPS) is 12.2. The highest BCUT2D eigenvalue weighted by Gasteiger charge is 2.16. The van der Waals surface area contributed by atoms with Crippen molar-refractivity contribution in [1.29, 1.82) is 0 Å². The molecular formula is C36H50N8O2. The molecule has 0 aromatic carbocycles. The highest BCUT2D eigenvalue weighted by Crippen LogP contribution is 2.30. The lowest BCUT2D eigenvalue weighted by Crippen LogP contribution is -2.09. The fraction of sp³-hybridized carbons (Fsp3) is 0.444. The first-order valence-electron chi connectivity index (χ1n) is 15.7. The van der Waals surface area contributed by atoms with Crippen LogP contribution in [0.1, 0.15) is 80.3 Å². The minimum Gasteiger partial charge on any atom is -0.376 e. The number of carbonyl (C=O) groups excluding carboxylic acids is 2. The van der Waals surface area contributed by atoms with Crippen LogP contribution in [0.5, 0.6) is 0 Å². The third-order valence-electron chi connectivity index (χ3n) is 7.06. The topological polar surface area (TPSA) is 118 Å². The van der Waals surface area contributed by atoms with Gasteiger partial charge in [-0.2, -0.15) is 20.4 Å². The molecule has 1 fully saturated rings. The Morgan fingerprint density at radius 2 is 1.20 bits per heavy atom. The molecule has 4 heterocycles. The Bertz CT molecular complexity index is 1360. The quantitative estimate of drug-likeness (QED) is 0.235. The zero-order chi connectivity index (χ0) is 33.9. The first-order chi connectivity index (χ1) is 21.9. The summed E-state index contributed by atoms with van der Waals surface area (Å²) in [5, 5.41) is 15.7. The standard InChI is InChI=1S/C11H16N2.2C10H14N2O.C5H6N2/c1-9-7-8-11(13-12-9)10-5-3-2-4-6-10;2*1-8(13)6-9-4-5-10(7-11-9)12(2)3;1-5-3-2-4-6-7-5/h7-8,10H,2-6H2,1H3;2*4-5,7H,6H2,1-3H3;2-4H,1H3. The summed E-state index contributed by atoms with van der Waals surface area (Å²) in [6.45, 7) is 7.04. The second-order valence-corrected chi connectivity index (χ2v) is 11.9. The minimum atomic E-state index is 0.144. The van der Waals surface area contributed by atoms with Crippen molar-refractivity contribution in [2.45, 2.75) is 78.6 Å². The molecule has 4 aromatic heterocycles. The Labute approximate surface area is 274 Å². The Hall–Kier alpha value is -4.60. The zero-order valence-electron chi connectivity index (χ0n) is 28.8. The van der Waals surface area contributed by atoms with Gasteiger partial charge in [0.05, 0.1) is 40.9 Å². The van der Waals surface area contributed by atoms with E-state index in [1.54, 1.807) is 32.4 Å². The van der Waals surface area contributed by atoms with Gasteiger partial charge in [-0.05, 0) is 89.1 Å². The summed E-state index contributed by atoms with van der Waals surface area (Å²) in [6.07, 6.45) is 12.8. The first kappa shape index (κ1) is 37.6. The van der Waals surface area contributed by atoms with Crippen molar-refractivity contribution >= 4 is 22.9 Å². The molecule has 0 radical (unpaired) electrons. The Morgan fingerprint density at radius 3 is 1.52 bits per heavy atom. The predicted molar refractivity (Wildman–Crippen MR) is 185 cm³/mol. The van der Waals surface area contributed by atoms with Gasteiger partial charge in [-0.1, -0.05) is 19.3 Å². The average Bonchev–Trinajstić information content (AvgIpc) is 3.03. The number of pyridine rings is 2. The Balaban J connectivity index is 0.000000218. The van der Waals surface area contributed by atoms with Crippen LogP contribution in [-0.4, -0.2) is 70.1 Å². The van der Waals surface area contributed by atoms with Gasteiger partial charge in [0.25, 0.3) is 0 Å². The van der Waals surface area contributed by atoms with Crippen LogP contribution in [-0.2, 0) is 22.4 Å². The molecule has 0 atom stereocenters. The number of carbonyl (C=O) groups is 2. The molecule has 1 aliphatic carbocycles. The van der Waals surface area contributed by atoms with Crippen molar-refractivity contribution < 1.29 is 9.59 Å². The van der Waals surface area contributed by atoms with Gasteiger partial charge in [0.1, 0.15) is 11.6 Å². The van der Waals surface area contributed by atoms with E-state index in [2.05, 4.69) is 42.5 Å². The molecule has 4 aromatic rings. The van der Waals surface area contributed by atoms with Gasteiger partial charge in [-0.25, -0.2) is 0 Å². The second-order valence-electron chi connectivity index (χ2n) is 11.9. The van der Waals surface area contributed by atoms with Gasteiger partial charge < -0.3 is 9.80 Å². The molecule has 0 aliphatic heterocycles.